The van der Waals surface area contributed by atoms with Crippen molar-refractivity contribution in [2.45, 2.75) is 32.3 Å². The van der Waals surface area contributed by atoms with Gasteiger partial charge in [0.05, 0.1) is 5.60 Å². The zero-order valence-electron chi connectivity index (χ0n) is 12.7. The standard InChI is InChI=1S/C13H24N6O/c1-5-7-14-10-15-11(18(3)4)17-12(16-10)19-8-6-13(2,20)9-19/h20H,5-9H2,1-4H3,(H,14,15,16,17). The molecule has 1 aliphatic rings. The van der Waals surface area contributed by atoms with E-state index in [-0.39, 0.29) is 0 Å². The van der Waals surface area contributed by atoms with Crippen molar-refractivity contribution >= 4 is 17.8 Å². The highest BCUT2D eigenvalue weighted by molar-refractivity contribution is 5.45. The van der Waals surface area contributed by atoms with Gasteiger partial charge in [-0.25, -0.2) is 0 Å². The molecule has 7 heteroatoms. The Morgan fingerprint density at radius 2 is 2.10 bits per heavy atom. The lowest BCUT2D eigenvalue weighted by Gasteiger charge is -2.21. The van der Waals surface area contributed by atoms with E-state index in [1.54, 1.807) is 0 Å². The molecule has 2 heterocycles. The first-order valence-corrected chi connectivity index (χ1v) is 7.06. The highest BCUT2D eigenvalue weighted by Crippen LogP contribution is 2.25. The summed E-state index contributed by atoms with van der Waals surface area (Å²) in [7, 11) is 3.81. The predicted molar refractivity (Wildman–Crippen MR) is 80.4 cm³/mol. The normalized spacial score (nSPS) is 22.1. The van der Waals surface area contributed by atoms with Crippen LogP contribution in [-0.2, 0) is 0 Å². The molecule has 20 heavy (non-hydrogen) atoms. The van der Waals surface area contributed by atoms with Crippen LogP contribution < -0.4 is 15.1 Å². The van der Waals surface area contributed by atoms with E-state index in [0.29, 0.717) is 24.4 Å². The lowest BCUT2D eigenvalue weighted by atomic mass is 10.1. The Hall–Kier alpha value is -1.63. The monoisotopic (exact) mass is 280 g/mol. The van der Waals surface area contributed by atoms with E-state index in [1.807, 2.05) is 30.8 Å². The van der Waals surface area contributed by atoms with E-state index in [4.69, 9.17) is 0 Å². The Morgan fingerprint density at radius 1 is 1.35 bits per heavy atom. The van der Waals surface area contributed by atoms with Gasteiger partial charge in [-0.3, -0.25) is 0 Å². The first-order chi connectivity index (χ1) is 9.41. The molecule has 0 aromatic carbocycles. The van der Waals surface area contributed by atoms with Gasteiger partial charge in [-0.1, -0.05) is 6.92 Å². The summed E-state index contributed by atoms with van der Waals surface area (Å²) >= 11 is 0. The maximum Gasteiger partial charge on any atom is 0.232 e. The Kier molecular flexibility index (Phi) is 4.27. The van der Waals surface area contributed by atoms with Gasteiger partial charge in [0, 0.05) is 33.7 Å². The van der Waals surface area contributed by atoms with Crippen molar-refractivity contribution in [2.24, 2.45) is 0 Å². The van der Waals surface area contributed by atoms with Crippen LogP contribution in [0.15, 0.2) is 0 Å². The van der Waals surface area contributed by atoms with Crippen molar-refractivity contribution in [2.75, 3.05) is 48.8 Å². The minimum atomic E-state index is -0.665. The number of β-amino-alcohol motifs (C(OH)–C–C–N with tert-alkyl or cyclic N) is 1. The van der Waals surface area contributed by atoms with Crippen molar-refractivity contribution in [1.82, 2.24) is 15.0 Å². The zero-order valence-corrected chi connectivity index (χ0v) is 12.7. The molecular weight excluding hydrogens is 256 g/mol. The van der Waals surface area contributed by atoms with Gasteiger partial charge in [0.2, 0.25) is 17.8 Å². The van der Waals surface area contributed by atoms with E-state index in [9.17, 15) is 5.11 Å². The molecule has 2 N–H and O–H groups in total. The van der Waals surface area contributed by atoms with Gasteiger partial charge in [-0.2, -0.15) is 15.0 Å². The number of hydrogen-bond donors (Lipinski definition) is 2. The van der Waals surface area contributed by atoms with Crippen LogP contribution in [0.3, 0.4) is 0 Å². The summed E-state index contributed by atoms with van der Waals surface area (Å²) in [6.45, 7) is 6.08. The first-order valence-electron chi connectivity index (χ1n) is 7.06. The third kappa shape index (κ3) is 3.47. The lowest BCUT2D eigenvalue weighted by Crippen LogP contribution is -2.31. The molecule has 1 unspecified atom stereocenters. The fraction of sp³-hybridized carbons (Fsp3) is 0.769. The second kappa shape index (κ2) is 5.78. The summed E-state index contributed by atoms with van der Waals surface area (Å²) in [4.78, 5) is 17.2. The molecule has 1 aromatic rings. The number of aliphatic hydroxyl groups is 1. The first kappa shape index (κ1) is 14.8. The number of anilines is 3. The minimum Gasteiger partial charge on any atom is -0.388 e. The second-order valence-electron chi connectivity index (χ2n) is 5.75. The van der Waals surface area contributed by atoms with Crippen LogP contribution in [0.5, 0.6) is 0 Å². The molecular formula is C13H24N6O. The molecule has 7 nitrogen and oxygen atoms in total. The number of nitrogens with one attached hydrogen (secondary N) is 1. The van der Waals surface area contributed by atoms with Crippen LogP contribution in [0.4, 0.5) is 17.8 Å². The van der Waals surface area contributed by atoms with Crippen LogP contribution in [0.25, 0.3) is 0 Å². The molecule has 0 radical (unpaired) electrons. The average Bonchev–Trinajstić information content (AvgIpc) is 2.76. The summed E-state index contributed by atoms with van der Waals surface area (Å²) in [5, 5.41) is 13.3. The number of aromatic nitrogens is 3. The molecule has 1 aliphatic heterocycles. The van der Waals surface area contributed by atoms with Crippen molar-refractivity contribution in [3.05, 3.63) is 0 Å². The van der Waals surface area contributed by atoms with Crippen LogP contribution in [0, 0.1) is 0 Å². The summed E-state index contributed by atoms with van der Waals surface area (Å²) in [6, 6.07) is 0. The molecule has 0 amide bonds. The molecule has 2 rings (SSSR count). The Morgan fingerprint density at radius 3 is 2.65 bits per heavy atom. The van der Waals surface area contributed by atoms with Crippen LogP contribution in [-0.4, -0.2) is 59.4 Å². The third-order valence-electron chi connectivity index (χ3n) is 3.28. The van der Waals surface area contributed by atoms with E-state index in [1.165, 1.54) is 0 Å². The predicted octanol–water partition coefficient (Wildman–Crippen LogP) is 0.721. The van der Waals surface area contributed by atoms with E-state index in [2.05, 4.69) is 27.2 Å². The highest BCUT2D eigenvalue weighted by Gasteiger charge is 2.33. The Balaban J connectivity index is 2.25. The molecule has 0 bridgehead atoms. The fourth-order valence-corrected chi connectivity index (χ4v) is 2.13. The molecule has 0 spiro atoms. The van der Waals surface area contributed by atoms with Gasteiger partial charge in [-0.05, 0) is 19.8 Å². The molecule has 1 aromatic heterocycles. The zero-order chi connectivity index (χ0) is 14.8. The summed E-state index contributed by atoms with van der Waals surface area (Å²) in [6.07, 6.45) is 1.74. The maximum atomic E-state index is 10.1. The molecule has 1 fully saturated rings. The fourth-order valence-electron chi connectivity index (χ4n) is 2.13. The van der Waals surface area contributed by atoms with Gasteiger partial charge >= 0.3 is 0 Å². The summed E-state index contributed by atoms with van der Waals surface area (Å²) in [5.74, 6) is 1.84. The molecule has 112 valence electrons. The van der Waals surface area contributed by atoms with E-state index >= 15 is 0 Å². The lowest BCUT2D eigenvalue weighted by molar-refractivity contribution is 0.0838. The number of rotatable bonds is 5. The van der Waals surface area contributed by atoms with Gasteiger partial charge in [0.25, 0.3) is 0 Å². The second-order valence-corrected chi connectivity index (χ2v) is 5.75. The topological polar surface area (TPSA) is 77.4 Å². The van der Waals surface area contributed by atoms with Gasteiger partial charge in [-0.15, -0.1) is 0 Å². The van der Waals surface area contributed by atoms with Crippen molar-refractivity contribution in [3.8, 4) is 0 Å². The third-order valence-corrected chi connectivity index (χ3v) is 3.28. The number of hydrogen-bond acceptors (Lipinski definition) is 7. The van der Waals surface area contributed by atoms with E-state index < -0.39 is 5.60 Å². The number of nitrogens with zero attached hydrogens (tertiary/aromatic N) is 5. The SMILES string of the molecule is CCCNc1nc(N(C)C)nc(N2CCC(C)(O)C2)n1. The summed E-state index contributed by atoms with van der Waals surface area (Å²) < 4.78 is 0. The average molecular weight is 280 g/mol. The molecule has 1 saturated heterocycles. The Labute approximate surface area is 120 Å². The van der Waals surface area contributed by atoms with Crippen LogP contribution in [0.1, 0.15) is 26.7 Å². The summed E-state index contributed by atoms with van der Waals surface area (Å²) in [5.41, 5.74) is -0.665. The molecule has 0 saturated carbocycles. The maximum absolute atomic E-state index is 10.1. The quantitative estimate of drug-likeness (QED) is 0.823. The van der Waals surface area contributed by atoms with Gasteiger partial charge in [0.15, 0.2) is 0 Å². The molecule has 0 aliphatic carbocycles. The Bertz CT molecular complexity index is 462. The van der Waals surface area contributed by atoms with Crippen molar-refractivity contribution in [1.29, 1.82) is 0 Å². The largest absolute Gasteiger partial charge is 0.388 e. The van der Waals surface area contributed by atoms with E-state index in [0.717, 1.165) is 25.9 Å². The highest BCUT2D eigenvalue weighted by atomic mass is 16.3. The van der Waals surface area contributed by atoms with Crippen molar-refractivity contribution in [3.63, 3.8) is 0 Å². The minimum absolute atomic E-state index is 0.553. The van der Waals surface area contributed by atoms with Crippen LogP contribution >= 0.6 is 0 Å². The van der Waals surface area contributed by atoms with Crippen molar-refractivity contribution < 1.29 is 5.11 Å². The van der Waals surface area contributed by atoms with Gasteiger partial charge < -0.3 is 20.2 Å². The van der Waals surface area contributed by atoms with Gasteiger partial charge in [0.1, 0.15) is 0 Å². The molecule has 1 atom stereocenters. The smallest absolute Gasteiger partial charge is 0.232 e. The van der Waals surface area contributed by atoms with Crippen LogP contribution in [0.2, 0.25) is 0 Å².